The van der Waals surface area contributed by atoms with Crippen LogP contribution in [0.5, 0.6) is 11.5 Å². The number of carbonyl (C=O) groups excluding carboxylic acids is 2. The third kappa shape index (κ3) is 3.81. The van der Waals surface area contributed by atoms with Crippen LogP contribution in [0.2, 0.25) is 0 Å². The molecule has 0 saturated carbocycles. The third-order valence-electron chi connectivity index (χ3n) is 3.84. The Hall–Kier alpha value is -2.18. The summed E-state index contributed by atoms with van der Waals surface area (Å²) in [6, 6.07) is 10.3. The summed E-state index contributed by atoms with van der Waals surface area (Å²) in [5, 5.41) is 0. The maximum atomic E-state index is 12.8. The number of benzene rings is 2. The van der Waals surface area contributed by atoms with Gasteiger partial charge in [0.25, 0.3) is 0 Å². The van der Waals surface area contributed by atoms with Crippen molar-refractivity contribution in [2.24, 2.45) is 0 Å². The minimum Gasteiger partial charge on any atom is -0.457 e. The van der Waals surface area contributed by atoms with Gasteiger partial charge in [0, 0.05) is 14.5 Å². The van der Waals surface area contributed by atoms with Crippen LogP contribution in [0, 0.1) is 0 Å². The van der Waals surface area contributed by atoms with Gasteiger partial charge in [-0.25, -0.2) is 0 Å². The second-order valence-electron chi connectivity index (χ2n) is 5.70. The molecule has 0 unspecified atom stereocenters. The Kier molecular flexibility index (Phi) is 5.44. The third-order valence-corrected chi connectivity index (χ3v) is 4.83. The summed E-state index contributed by atoms with van der Waals surface area (Å²) < 4.78 is 12.8. The van der Waals surface area contributed by atoms with E-state index in [0.717, 1.165) is 8.95 Å². The van der Waals surface area contributed by atoms with Gasteiger partial charge in [0.2, 0.25) is 6.79 Å². The summed E-state index contributed by atoms with van der Waals surface area (Å²) in [5.41, 5.74) is 1.33. The van der Waals surface area contributed by atoms with E-state index in [9.17, 15) is 9.59 Å². The molecule has 0 fully saturated rings. The molecule has 2 aromatic rings. The molecule has 0 amide bonds. The highest BCUT2D eigenvalue weighted by Gasteiger charge is 2.20. The molecule has 6 heteroatoms. The molecular weight excluding hydrogens is 464 g/mol. The van der Waals surface area contributed by atoms with Crippen LogP contribution < -0.4 is 9.47 Å². The van der Waals surface area contributed by atoms with Crippen LogP contribution in [0.1, 0.15) is 27.6 Å². The first-order valence-electron chi connectivity index (χ1n) is 7.68. The molecule has 0 bridgehead atoms. The Morgan fingerprint density at radius 3 is 1.92 bits per heavy atom. The quantitative estimate of drug-likeness (QED) is 0.469. The van der Waals surface area contributed by atoms with Crippen molar-refractivity contribution in [1.29, 1.82) is 0 Å². The topological polar surface area (TPSA) is 52.6 Å². The van der Waals surface area contributed by atoms with Crippen molar-refractivity contribution in [3.63, 3.8) is 0 Å². The fourth-order valence-electron chi connectivity index (χ4n) is 2.55. The molecule has 0 aromatic heterocycles. The fraction of sp³-hybridized carbons (Fsp3) is 0.100. The van der Waals surface area contributed by atoms with Gasteiger partial charge in [-0.3, -0.25) is 9.59 Å². The van der Waals surface area contributed by atoms with Gasteiger partial charge in [-0.15, -0.1) is 0 Å². The molecule has 132 valence electrons. The Morgan fingerprint density at radius 2 is 1.38 bits per heavy atom. The summed E-state index contributed by atoms with van der Waals surface area (Å²) in [5.74, 6) is 0.229. The van der Waals surface area contributed by atoms with E-state index < -0.39 is 0 Å². The van der Waals surface area contributed by atoms with E-state index in [1.54, 1.807) is 43.3 Å². The Morgan fingerprint density at radius 1 is 0.885 bits per heavy atom. The largest absolute Gasteiger partial charge is 0.457 e. The number of hydrogen-bond acceptors (Lipinski definition) is 4. The highest BCUT2D eigenvalue weighted by Crippen LogP contribution is 2.30. The molecule has 1 aliphatic heterocycles. The second kappa shape index (κ2) is 7.60. The Labute approximate surface area is 167 Å². The predicted octanol–water partition coefficient (Wildman–Crippen LogP) is 5.51. The van der Waals surface area contributed by atoms with Gasteiger partial charge < -0.3 is 9.47 Å². The van der Waals surface area contributed by atoms with Crippen molar-refractivity contribution in [1.82, 2.24) is 0 Å². The molecule has 0 N–H and O–H groups in total. The number of halogens is 2. The van der Waals surface area contributed by atoms with E-state index in [0.29, 0.717) is 28.2 Å². The maximum Gasteiger partial charge on any atom is 0.230 e. The molecule has 2 aromatic carbocycles. The molecule has 0 radical (unpaired) electrons. The van der Waals surface area contributed by atoms with Crippen LogP contribution in [-0.4, -0.2) is 18.4 Å². The highest BCUT2D eigenvalue weighted by atomic mass is 79.9. The van der Waals surface area contributed by atoms with Crippen molar-refractivity contribution in [3.05, 3.63) is 80.3 Å². The minimum absolute atomic E-state index is 0.140. The molecule has 4 nitrogen and oxygen atoms in total. The van der Waals surface area contributed by atoms with E-state index in [-0.39, 0.29) is 23.9 Å². The number of Topliss-reactive ketones (excluding diaryl/α,β-unsaturated/α-hetero) is 2. The summed E-state index contributed by atoms with van der Waals surface area (Å²) in [6.45, 7) is 5.33. The van der Waals surface area contributed by atoms with Crippen LogP contribution in [-0.2, 0) is 0 Å². The maximum absolute atomic E-state index is 12.8. The minimum atomic E-state index is -0.316. The van der Waals surface area contributed by atoms with E-state index >= 15 is 0 Å². The average molecular weight is 478 g/mol. The molecule has 0 aliphatic carbocycles. The first-order chi connectivity index (χ1) is 12.4. The highest BCUT2D eigenvalue weighted by molar-refractivity contribution is 9.10. The van der Waals surface area contributed by atoms with Gasteiger partial charge in [-0.2, -0.15) is 0 Å². The van der Waals surface area contributed by atoms with Gasteiger partial charge in [-0.1, -0.05) is 38.4 Å². The average Bonchev–Trinajstić information content (AvgIpc) is 2.61. The van der Waals surface area contributed by atoms with Gasteiger partial charge >= 0.3 is 0 Å². The van der Waals surface area contributed by atoms with E-state index in [2.05, 4.69) is 38.4 Å². The lowest BCUT2D eigenvalue weighted by Crippen LogP contribution is -2.14. The lowest BCUT2D eigenvalue weighted by atomic mass is 9.98. The number of rotatable bonds is 0. The van der Waals surface area contributed by atoms with Gasteiger partial charge in [-0.05, 0) is 55.0 Å². The van der Waals surface area contributed by atoms with Crippen LogP contribution in [0.4, 0.5) is 0 Å². The number of ketones is 2. The summed E-state index contributed by atoms with van der Waals surface area (Å²) in [4.78, 5) is 25.5. The number of allylic oxidation sites excluding steroid dienone is 3. The normalized spacial score (nSPS) is 16.9. The first-order valence-corrected chi connectivity index (χ1v) is 9.26. The smallest absolute Gasteiger partial charge is 0.230 e. The number of ether oxygens (including phenoxy) is 2. The second-order valence-corrected chi connectivity index (χ2v) is 7.53. The van der Waals surface area contributed by atoms with Crippen LogP contribution in [0.15, 0.2) is 69.1 Å². The van der Waals surface area contributed by atoms with Crippen molar-refractivity contribution in [2.75, 3.05) is 6.79 Å². The van der Waals surface area contributed by atoms with E-state index in [4.69, 9.17) is 9.47 Å². The van der Waals surface area contributed by atoms with Crippen molar-refractivity contribution < 1.29 is 19.1 Å². The van der Waals surface area contributed by atoms with Crippen molar-refractivity contribution in [3.8, 4) is 11.5 Å². The predicted molar refractivity (Wildman–Crippen MR) is 106 cm³/mol. The molecule has 1 heterocycles. The van der Waals surface area contributed by atoms with Crippen LogP contribution >= 0.6 is 31.9 Å². The number of hydrogen-bond donors (Lipinski definition) is 0. The zero-order valence-electron chi connectivity index (χ0n) is 13.8. The Balaban J connectivity index is 2.12. The molecule has 0 spiro atoms. The van der Waals surface area contributed by atoms with Gasteiger partial charge in [0.15, 0.2) is 11.6 Å². The van der Waals surface area contributed by atoms with Crippen LogP contribution in [0.3, 0.4) is 0 Å². The van der Waals surface area contributed by atoms with Gasteiger partial charge in [0.05, 0.1) is 11.1 Å². The zero-order valence-corrected chi connectivity index (χ0v) is 17.0. The Bertz CT molecular complexity index is 960. The first kappa shape index (κ1) is 18.6. The lowest BCUT2D eigenvalue weighted by Gasteiger charge is -2.16. The molecule has 26 heavy (non-hydrogen) atoms. The lowest BCUT2D eigenvalue weighted by molar-refractivity contribution is 0.0984. The van der Waals surface area contributed by atoms with Crippen molar-refractivity contribution in [2.45, 2.75) is 6.92 Å². The zero-order chi connectivity index (χ0) is 18.8. The van der Waals surface area contributed by atoms with E-state index in [1.165, 1.54) is 6.08 Å². The number of fused-ring (bicyclic) bond motifs is 2. The standard InChI is InChI=1S/C20H14Br2O4/c1-11-7-12(2)20(24)16-9-14(22)4-6-18(16)26-10-25-17-5-3-13(21)8-15(17)19(11)23/h3-9H,1,10H2,2H3/b12-7+. The fourth-order valence-corrected chi connectivity index (χ4v) is 3.27. The number of carbonyl (C=O) groups is 2. The molecule has 0 saturated heterocycles. The molecule has 1 aliphatic rings. The summed E-state index contributed by atoms with van der Waals surface area (Å²) in [7, 11) is 0. The van der Waals surface area contributed by atoms with E-state index in [1.807, 2.05) is 0 Å². The molecular formula is C20H14Br2O4. The van der Waals surface area contributed by atoms with Crippen LogP contribution in [0.25, 0.3) is 0 Å². The molecule has 3 rings (SSSR count). The summed E-state index contributed by atoms with van der Waals surface area (Å²) >= 11 is 6.71. The SMILES string of the molecule is C=C1/C=C(\C)C(=O)c2cc(Br)ccc2OCOc2ccc(Br)cc2C1=O. The van der Waals surface area contributed by atoms with Crippen molar-refractivity contribution >= 4 is 43.4 Å². The summed E-state index contributed by atoms with van der Waals surface area (Å²) in [6.07, 6.45) is 1.49. The van der Waals surface area contributed by atoms with Gasteiger partial charge in [0.1, 0.15) is 11.5 Å². The monoisotopic (exact) mass is 476 g/mol. The molecule has 0 atom stereocenters.